The quantitative estimate of drug-likeness (QED) is 0.648. The summed E-state index contributed by atoms with van der Waals surface area (Å²) in [6.07, 6.45) is -0.0369. The first-order valence-corrected chi connectivity index (χ1v) is 7.34. The van der Waals surface area contributed by atoms with Gasteiger partial charge in [-0.2, -0.15) is 0 Å². The summed E-state index contributed by atoms with van der Waals surface area (Å²) in [4.78, 5) is 24.2. The molecule has 2 aromatic rings. The molecule has 0 aliphatic rings. The number of rotatable bonds is 6. The molecular weight excluding hydrogens is 298 g/mol. The first-order chi connectivity index (χ1) is 11.0. The normalized spacial score (nSPS) is 10.8. The van der Waals surface area contributed by atoms with Crippen molar-refractivity contribution in [2.24, 2.45) is 0 Å². The minimum atomic E-state index is -0.496. The number of nitrogens with one attached hydrogen (secondary N) is 1. The van der Waals surface area contributed by atoms with E-state index in [-0.39, 0.29) is 12.3 Å². The third kappa shape index (κ3) is 3.71. The van der Waals surface area contributed by atoms with Crippen LogP contribution in [0.15, 0.2) is 21.3 Å². The zero-order chi connectivity index (χ0) is 17.0. The summed E-state index contributed by atoms with van der Waals surface area (Å²) in [6.45, 7) is 4.52. The molecule has 1 aromatic carbocycles. The van der Waals surface area contributed by atoms with Crippen LogP contribution < -0.4 is 15.7 Å². The Hall–Kier alpha value is -2.34. The van der Waals surface area contributed by atoms with Crippen molar-refractivity contribution in [1.29, 1.82) is 0 Å². The molecule has 23 heavy (non-hydrogen) atoms. The zero-order valence-electron chi connectivity index (χ0n) is 13.8. The van der Waals surface area contributed by atoms with Gasteiger partial charge >= 0.3 is 5.63 Å². The second-order valence-corrected chi connectivity index (χ2v) is 5.35. The molecule has 0 aliphatic heterocycles. The van der Waals surface area contributed by atoms with Gasteiger partial charge in [0.15, 0.2) is 0 Å². The molecule has 0 atom stereocenters. The van der Waals surface area contributed by atoms with Crippen LogP contribution in [-0.2, 0) is 16.0 Å². The van der Waals surface area contributed by atoms with Crippen molar-refractivity contribution in [2.45, 2.75) is 20.3 Å². The van der Waals surface area contributed by atoms with Crippen molar-refractivity contribution in [3.8, 4) is 5.75 Å². The Morgan fingerprint density at radius 3 is 2.65 bits per heavy atom. The van der Waals surface area contributed by atoms with Gasteiger partial charge in [-0.15, -0.1) is 0 Å². The highest BCUT2D eigenvalue weighted by molar-refractivity contribution is 5.89. The maximum atomic E-state index is 12.2. The molecule has 0 radical (unpaired) electrons. The predicted molar refractivity (Wildman–Crippen MR) is 87.1 cm³/mol. The molecule has 0 saturated heterocycles. The van der Waals surface area contributed by atoms with Crippen molar-refractivity contribution in [3.05, 3.63) is 39.2 Å². The number of hydrogen-bond donors (Lipinski definition) is 1. The molecule has 6 nitrogen and oxygen atoms in total. The maximum Gasteiger partial charge on any atom is 0.340 e. The molecule has 0 aliphatic carbocycles. The Morgan fingerprint density at radius 2 is 2.00 bits per heavy atom. The summed E-state index contributed by atoms with van der Waals surface area (Å²) in [5.41, 5.74) is 1.95. The molecule has 0 unspecified atom stereocenters. The van der Waals surface area contributed by atoms with Crippen LogP contribution in [0.25, 0.3) is 11.0 Å². The van der Waals surface area contributed by atoms with Crippen LogP contribution in [0, 0.1) is 13.8 Å². The lowest BCUT2D eigenvalue weighted by atomic mass is 10.0. The third-order valence-electron chi connectivity index (χ3n) is 3.67. The van der Waals surface area contributed by atoms with Gasteiger partial charge < -0.3 is 19.2 Å². The summed E-state index contributed by atoms with van der Waals surface area (Å²) in [7, 11) is 3.12. The van der Waals surface area contributed by atoms with Gasteiger partial charge in [0.05, 0.1) is 31.1 Å². The monoisotopic (exact) mass is 319 g/mol. The molecule has 0 fully saturated rings. The SMILES string of the molecule is COCCNC(=O)Cc1c(C)c2c(OC)cc(C)cc2oc1=O. The van der Waals surface area contributed by atoms with Crippen molar-refractivity contribution in [3.63, 3.8) is 0 Å². The van der Waals surface area contributed by atoms with E-state index in [9.17, 15) is 9.59 Å². The van der Waals surface area contributed by atoms with Gasteiger partial charge in [-0.1, -0.05) is 0 Å². The molecule has 0 saturated carbocycles. The summed E-state index contributed by atoms with van der Waals surface area (Å²) in [6, 6.07) is 3.66. The fourth-order valence-electron chi connectivity index (χ4n) is 2.52. The molecular formula is C17H21NO5. The molecule has 0 bridgehead atoms. The van der Waals surface area contributed by atoms with Crippen molar-refractivity contribution in [1.82, 2.24) is 5.32 Å². The molecule has 6 heteroatoms. The smallest absolute Gasteiger partial charge is 0.340 e. The lowest BCUT2D eigenvalue weighted by Crippen LogP contribution is -2.30. The standard InChI is InChI=1S/C17H21NO5/c1-10-7-13(22-4)16-11(2)12(17(20)23-14(16)8-10)9-15(19)18-5-6-21-3/h7-8H,5-6,9H2,1-4H3,(H,18,19). The second-order valence-electron chi connectivity index (χ2n) is 5.35. The first-order valence-electron chi connectivity index (χ1n) is 7.34. The molecule has 0 spiro atoms. The zero-order valence-corrected chi connectivity index (χ0v) is 13.8. The second kappa shape index (κ2) is 7.28. The number of aryl methyl sites for hydroxylation is 2. The van der Waals surface area contributed by atoms with Crippen LogP contribution in [0.3, 0.4) is 0 Å². The van der Waals surface area contributed by atoms with Gasteiger partial charge in [-0.05, 0) is 37.1 Å². The van der Waals surface area contributed by atoms with E-state index in [1.54, 1.807) is 27.2 Å². The Balaban J connectivity index is 2.43. The number of ether oxygens (including phenoxy) is 2. The number of fused-ring (bicyclic) bond motifs is 1. The topological polar surface area (TPSA) is 77.8 Å². The van der Waals surface area contributed by atoms with E-state index in [0.29, 0.717) is 35.6 Å². The van der Waals surface area contributed by atoms with E-state index >= 15 is 0 Å². The fraction of sp³-hybridized carbons (Fsp3) is 0.412. The van der Waals surface area contributed by atoms with Crippen molar-refractivity contribution >= 4 is 16.9 Å². The first kappa shape index (κ1) is 17.0. The minimum Gasteiger partial charge on any atom is -0.496 e. The van der Waals surface area contributed by atoms with Gasteiger partial charge in [-0.3, -0.25) is 4.79 Å². The Morgan fingerprint density at radius 1 is 1.26 bits per heavy atom. The summed E-state index contributed by atoms with van der Waals surface area (Å²) >= 11 is 0. The van der Waals surface area contributed by atoms with E-state index in [1.165, 1.54) is 0 Å². The van der Waals surface area contributed by atoms with E-state index in [0.717, 1.165) is 10.9 Å². The minimum absolute atomic E-state index is 0.0369. The highest BCUT2D eigenvalue weighted by Crippen LogP contribution is 2.30. The number of amides is 1. The van der Waals surface area contributed by atoms with Gasteiger partial charge in [0, 0.05) is 13.7 Å². The Labute approximate surface area is 134 Å². The Kier molecular flexibility index (Phi) is 5.39. The lowest BCUT2D eigenvalue weighted by molar-refractivity contribution is -0.120. The van der Waals surface area contributed by atoms with Crippen LogP contribution in [-0.4, -0.2) is 33.3 Å². The van der Waals surface area contributed by atoms with E-state index < -0.39 is 5.63 Å². The van der Waals surface area contributed by atoms with E-state index in [1.807, 2.05) is 13.0 Å². The summed E-state index contributed by atoms with van der Waals surface area (Å²) < 4.78 is 15.7. The molecule has 1 amide bonds. The third-order valence-corrected chi connectivity index (χ3v) is 3.67. The van der Waals surface area contributed by atoms with Crippen molar-refractivity contribution in [2.75, 3.05) is 27.4 Å². The molecule has 1 heterocycles. The van der Waals surface area contributed by atoms with Crippen molar-refractivity contribution < 1.29 is 18.7 Å². The average Bonchev–Trinajstić information content (AvgIpc) is 2.50. The number of hydrogen-bond acceptors (Lipinski definition) is 5. The van der Waals surface area contributed by atoms with Crippen LogP contribution in [0.1, 0.15) is 16.7 Å². The van der Waals surface area contributed by atoms with Gasteiger partial charge in [0.1, 0.15) is 11.3 Å². The highest BCUT2D eigenvalue weighted by Gasteiger charge is 2.17. The fourth-order valence-corrected chi connectivity index (χ4v) is 2.52. The average molecular weight is 319 g/mol. The molecule has 2 rings (SSSR count). The largest absolute Gasteiger partial charge is 0.496 e. The maximum absolute atomic E-state index is 12.2. The Bertz CT molecular complexity index is 779. The number of methoxy groups -OCH3 is 2. The summed E-state index contributed by atoms with van der Waals surface area (Å²) in [5, 5.41) is 3.42. The lowest BCUT2D eigenvalue weighted by Gasteiger charge is -2.12. The highest BCUT2D eigenvalue weighted by atomic mass is 16.5. The summed E-state index contributed by atoms with van der Waals surface area (Å²) in [5.74, 6) is 0.380. The number of carbonyl (C=O) groups is 1. The predicted octanol–water partition coefficient (Wildman–Crippen LogP) is 1.72. The molecule has 124 valence electrons. The van der Waals surface area contributed by atoms with Crippen LogP contribution in [0.2, 0.25) is 0 Å². The van der Waals surface area contributed by atoms with Crippen LogP contribution in [0.5, 0.6) is 5.75 Å². The van der Waals surface area contributed by atoms with Crippen LogP contribution >= 0.6 is 0 Å². The number of carbonyl (C=O) groups excluding carboxylic acids is 1. The molecule has 1 aromatic heterocycles. The van der Waals surface area contributed by atoms with E-state index in [4.69, 9.17) is 13.9 Å². The molecule has 1 N–H and O–H groups in total. The van der Waals surface area contributed by atoms with Gasteiger partial charge in [0.2, 0.25) is 5.91 Å². The van der Waals surface area contributed by atoms with E-state index in [2.05, 4.69) is 5.32 Å². The number of benzene rings is 1. The van der Waals surface area contributed by atoms with Gasteiger partial charge in [-0.25, -0.2) is 4.79 Å². The van der Waals surface area contributed by atoms with Gasteiger partial charge in [0.25, 0.3) is 0 Å². The van der Waals surface area contributed by atoms with Crippen LogP contribution in [0.4, 0.5) is 0 Å².